The Morgan fingerprint density at radius 2 is 1.89 bits per heavy atom. The second-order valence-electron chi connectivity index (χ2n) is 7.83. The lowest BCUT2D eigenvalue weighted by Crippen LogP contribution is -2.50. The van der Waals surface area contributed by atoms with Crippen molar-refractivity contribution in [2.45, 2.75) is 30.8 Å². The predicted molar refractivity (Wildman–Crippen MR) is 102 cm³/mol. The Hall–Kier alpha value is -2.40. The average molecular weight is 368 g/mol. The number of para-hydroxylation sites is 1. The van der Waals surface area contributed by atoms with Gasteiger partial charge in [-0.3, -0.25) is 4.79 Å². The van der Waals surface area contributed by atoms with Crippen LogP contribution in [0.15, 0.2) is 48.5 Å². The van der Waals surface area contributed by atoms with Crippen LogP contribution in [-0.4, -0.2) is 49.0 Å². The quantitative estimate of drug-likeness (QED) is 0.831. The Kier molecular flexibility index (Phi) is 4.64. The van der Waals surface area contributed by atoms with Gasteiger partial charge in [0, 0.05) is 24.2 Å². The minimum absolute atomic E-state index is 0.0137. The number of amides is 1. The van der Waals surface area contributed by atoms with Crippen LogP contribution in [0.2, 0.25) is 0 Å². The van der Waals surface area contributed by atoms with Crippen LogP contribution >= 0.6 is 0 Å². The van der Waals surface area contributed by atoms with E-state index in [0.29, 0.717) is 38.1 Å². The highest BCUT2D eigenvalue weighted by molar-refractivity contribution is 5.91. The molecule has 2 aromatic rings. The van der Waals surface area contributed by atoms with Crippen LogP contribution in [0.3, 0.4) is 0 Å². The molecular weight excluding hydrogens is 343 g/mol. The minimum atomic E-state index is -0.727. The molecule has 1 atom stereocenters. The zero-order valence-electron chi connectivity index (χ0n) is 15.8. The Labute approximate surface area is 159 Å². The van der Waals surface area contributed by atoms with Gasteiger partial charge in [-0.05, 0) is 39.1 Å². The van der Waals surface area contributed by atoms with Gasteiger partial charge in [-0.15, -0.1) is 0 Å². The summed E-state index contributed by atoms with van der Waals surface area (Å²) in [5.74, 6) is 0.547. The van der Waals surface area contributed by atoms with Gasteiger partial charge in [0.25, 0.3) is 0 Å². The van der Waals surface area contributed by atoms with Crippen LogP contribution in [0.1, 0.15) is 24.0 Å². The molecule has 1 amide bonds. The van der Waals surface area contributed by atoms with Crippen molar-refractivity contribution in [3.05, 3.63) is 65.5 Å². The number of ether oxygens (including phenoxy) is 1. The zero-order chi connectivity index (χ0) is 19.0. The summed E-state index contributed by atoms with van der Waals surface area (Å²) in [4.78, 5) is 17.6. The minimum Gasteiger partial charge on any atom is -0.491 e. The van der Waals surface area contributed by atoms with Crippen LogP contribution in [0.25, 0.3) is 0 Å². The smallest absolute Gasteiger partial charge is 0.234 e. The monoisotopic (exact) mass is 368 g/mol. The fraction of sp³-hybridized carbons (Fsp3) is 0.409. The van der Waals surface area contributed by atoms with Gasteiger partial charge < -0.3 is 14.5 Å². The molecule has 0 radical (unpaired) electrons. The summed E-state index contributed by atoms with van der Waals surface area (Å²) in [6.45, 7) is 1.63. The first-order valence-electron chi connectivity index (χ1n) is 9.43. The van der Waals surface area contributed by atoms with Crippen molar-refractivity contribution in [3.63, 3.8) is 0 Å². The number of carbonyl (C=O) groups is 1. The zero-order valence-corrected chi connectivity index (χ0v) is 15.8. The summed E-state index contributed by atoms with van der Waals surface area (Å²) in [6.07, 6.45) is 1.39. The lowest BCUT2D eigenvalue weighted by atomic mass is 9.92. The molecule has 0 spiro atoms. The molecule has 0 saturated heterocycles. The summed E-state index contributed by atoms with van der Waals surface area (Å²) >= 11 is 0. The fourth-order valence-corrected chi connectivity index (χ4v) is 4.02. The molecule has 1 aliphatic heterocycles. The first-order chi connectivity index (χ1) is 13.0. The Bertz CT molecular complexity index is 848. The number of nitrogens with zero attached hydrogens (tertiary/aromatic N) is 2. The van der Waals surface area contributed by atoms with Gasteiger partial charge in [0.05, 0.1) is 11.5 Å². The van der Waals surface area contributed by atoms with Crippen LogP contribution in [0.4, 0.5) is 4.39 Å². The largest absolute Gasteiger partial charge is 0.491 e. The number of hydrogen-bond acceptors (Lipinski definition) is 3. The third-order valence-corrected chi connectivity index (χ3v) is 5.57. The summed E-state index contributed by atoms with van der Waals surface area (Å²) in [5.41, 5.74) is 0.795. The molecule has 142 valence electrons. The summed E-state index contributed by atoms with van der Waals surface area (Å²) in [7, 11) is 3.98. The molecular formula is C22H25FN2O2. The topological polar surface area (TPSA) is 32.8 Å². The molecule has 4 nitrogen and oxygen atoms in total. The van der Waals surface area contributed by atoms with Gasteiger partial charge in [-0.2, -0.15) is 0 Å². The van der Waals surface area contributed by atoms with Gasteiger partial charge in [0.2, 0.25) is 5.91 Å². The Balaban J connectivity index is 1.70. The first kappa shape index (κ1) is 18.0. The summed E-state index contributed by atoms with van der Waals surface area (Å²) in [5, 5.41) is 0. The van der Waals surface area contributed by atoms with E-state index in [1.165, 1.54) is 6.07 Å². The highest BCUT2D eigenvalue weighted by Gasteiger charge is 2.55. The highest BCUT2D eigenvalue weighted by Crippen LogP contribution is 2.51. The van der Waals surface area contributed by atoms with E-state index in [9.17, 15) is 9.18 Å². The number of carbonyl (C=O) groups excluding carboxylic acids is 1. The van der Waals surface area contributed by atoms with Crippen molar-refractivity contribution < 1.29 is 13.9 Å². The molecule has 4 rings (SSSR count). The second kappa shape index (κ2) is 6.97. The van der Waals surface area contributed by atoms with Crippen LogP contribution in [0, 0.1) is 5.82 Å². The third-order valence-electron chi connectivity index (χ3n) is 5.57. The van der Waals surface area contributed by atoms with Crippen molar-refractivity contribution in [2.24, 2.45) is 0 Å². The van der Waals surface area contributed by atoms with E-state index in [4.69, 9.17) is 4.74 Å². The van der Waals surface area contributed by atoms with Gasteiger partial charge in [0.1, 0.15) is 18.2 Å². The van der Waals surface area contributed by atoms with E-state index in [-0.39, 0.29) is 17.8 Å². The number of fused-ring (bicyclic) bond motifs is 1. The van der Waals surface area contributed by atoms with E-state index in [2.05, 4.69) is 4.90 Å². The van der Waals surface area contributed by atoms with E-state index in [0.717, 1.165) is 11.3 Å². The first-order valence-corrected chi connectivity index (χ1v) is 9.43. The number of benzene rings is 2. The summed E-state index contributed by atoms with van der Waals surface area (Å²) < 4.78 is 20.5. The van der Waals surface area contributed by atoms with Gasteiger partial charge >= 0.3 is 0 Å². The van der Waals surface area contributed by atoms with E-state index in [1.807, 2.05) is 49.3 Å². The van der Waals surface area contributed by atoms with Crippen molar-refractivity contribution >= 4 is 5.91 Å². The molecule has 2 aliphatic rings. The SMILES string of the molecule is CN(C)C[C@H]1COc2ccccc2CN1C(=O)C1(c2ccccc2F)CC1. The van der Waals surface area contributed by atoms with Crippen LogP contribution in [-0.2, 0) is 16.8 Å². The number of halogens is 1. The number of rotatable bonds is 4. The summed E-state index contributed by atoms with van der Waals surface area (Å²) in [6, 6.07) is 14.4. The van der Waals surface area contributed by atoms with Crippen LogP contribution in [0.5, 0.6) is 5.75 Å². The Morgan fingerprint density at radius 1 is 1.19 bits per heavy atom. The van der Waals surface area contributed by atoms with E-state index >= 15 is 0 Å². The third kappa shape index (κ3) is 3.32. The number of likely N-dealkylation sites (N-methyl/N-ethyl adjacent to an activating group) is 1. The molecule has 1 fully saturated rings. The predicted octanol–water partition coefficient (Wildman–Crippen LogP) is 3.21. The second-order valence-corrected chi connectivity index (χ2v) is 7.83. The lowest BCUT2D eigenvalue weighted by molar-refractivity contribution is -0.137. The number of hydrogen-bond donors (Lipinski definition) is 0. The maximum atomic E-state index is 14.5. The molecule has 0 unspecified atom stereocenters. The van der Waals surface area contributed by atoms with E-state index in [1.54, 1.807) is 12.1 Å². The molecule has 0 aromatic heterocycles. The highest BCUT2D eigenvalue weighted by atomic mass is 19.1. The molecule has 0 bridgehead atoms. The van der Waals surface area contributed by atoms with Gasteiger partial charge in [-0.25, -0.2) is 4.39 Å². The molecule has 0 N–H and O–H groups in total. The maximum absolute atomic E-state index is 14.5. The molecule has 2 aromatic carbocycles. The normalized spacial score (nSPS) is 20.6. The average Bonchev–Trinajstić information content (AvgIpc) is 3.46. The lowest BCUT2D eigenvalue weighted by Gasteiger charge is -2.34. The standard InChI is InChI=1S/C22H25FN2O2/c1-24(2)14-17-15-27-20-10-6-3-7-16(20)13-25(17)21(26)22(11-12-22)18-8-4-5-9-19(18)23/h3-10,17H,11-15H2,1-2H3/t17-/m0/s1. The maximum Gasteiger partial charge on any atom is 0.234 e. The Morgan fingerprint density at radius 3 is 2.59 bits per heavy atom. The molecule has 5 heteroatoms. The van der Waals surface area contributed by atoms with Crippen molar-refractivity contribution in [1.29, 1.82) is 0 Å². The van der Waals surface area contributed by atoms with Crippen molar-refractivity contribution in [3.8, 4) is 5.75 Å². The fourth-order valence-electron chi connectivity index (χ4n) is 4.02. The molecule has 1 saturated carbocycles. The molecule has 27 heavy (non-hydrogen) atoms. The molecule has 1 heterocycles. The van der Waals surface area contributed by atoms with Gasteiger partial charge in [-0.1, -0.05) is 36.4 Å². The van der Waals surface area contributed by atoms with Crippen molar-refractivity contribution in [2.75, 3.05) is 27.2 Å². The van der Waals surface area contributed by atoms with Crippen LogP contribution < -0.4 is 4.74 Å². The van der Waals surface area contributed by atoms with Gasteiger partial charge in [0.15, 0.2) is 0 Å². The van der Waals surface area contributed by atoms with E-state index < -0.39 is 5.41 Å². The molecule has 1 aliphatic carbocycles. The van der Waals surface area contributed by atoms with Crippen molar-refractivity contribution in [1.82, 2.24) is 9.80 Å².